The number of fused-ring (bicyclic) bond motifs is 1. The Morgan fingerprint density at radius 2 is 1.79 bits per heavy atom. The average Bonchev–Trinajstić information content (AvgIpc) is 3.44. The summed E-state index contributed by atoms with van der Waals surface area (Å²) in [7, 11) is 0. The summed E-state index contributed by atoms with van der Waals surface area (Å²) < 4.78 is 12.9. The van der Waals surface area contributed by atoms with Gasteiger partial charge in [-0.05, 0) is 48.0 Å². The second kappa shape index (κ2) is 7.44. The molecule has 0 saturated heterocycles. The standard InChI is InChI=1S/C22H17N3O3S/c26-22(23-21-10-11-25(24-21)16-4-2-1-3-5-16)20-9-8-19(29-20)15-6-7-17-18(14-15)28-13-12-27-17/h1-11,14H,12-13H2,(H,23,24,26). The number of rotatable bonds is 4. The summed E-state index contributed by atoms with van der Waals surface area (Å²) in [6, 6.07) is 21.1. The first kappa shape index (κ1) is 17.5. The summed E-state index contributed by atoms with van der Waals surface area (Å²) in [5.41, 5.74) is 1.93. The number of nitrogens with zero attached hydrogens (tertiary/aromatic N) is 2. The highest BCUT2D eigenvalue weighted by Crippen LogP contribution is 2.37. The van der Waals surface area contributed by atoms with E-state index in [0.29, 0.717) is 23.9 Å². The molecule has 0 fully saturated rings. The van der Waals surface area contributed by atoms with Gasteiger partial charge >= 0.3 is 0 Å². The Labute approximate surface area is 171 Å². The lowest BCUT2D eigenvalue weighted by molar-refractivity contribution is 0.103. The zero-order valence-corrected chi connectivity index (χ0v) is 16.2. The Morgan fingerprint density at radius 3 is 2.66 bits per heavy atom. The van der Waals surface area contributed by atoms with E-state index in [4.69, 9.17) is 9.47 Å². The molecule has 29 heavy (non-hydrogen) atoms. The smallest absolute Gasteiger partial charge is 0.266 e. The number of benzene rings is 2. The summed E-state index contributed by atoms with van der Waals surface area (Å²) in [5, 5.41) is 7.28. The van der Waals surface area contributed by atoms with E-state index in [0.717, 1.165) is 27.6 Å². The van der Waals surface area contributed by atoms with Crippen LogP contribution in [0, 0.1) is 0 Å². The fourth-order valence-corrected chi connectivity index (χ4v) is 4.00. The van der Waals surface area contributed by atoms with Crippen molar-refractivity contribution in [2.45, 2.75) is 0 Å². The van der Waals surface area contributed by atoms with Crippen LogP contribution in [-0.2, 0) is 0 Å². The third-order valence-electron chi connectivity index (χ3n) is 4.51. The van der Waals surface area contributed by atoms with Crippen molar-refractivity contribution in [3.8, 4) is 27.6 Å². The van der Waals surface area contributed by atoms with Crippen LogP contribution < -0.4 is 14.8 Å². The largest absolute Gasteiger partial charge is 0.486 e. The Kier molecular flexibility index (Phi) is 4.50. The topological polar surface area (TPSA) is 65.4 Å². The summed E-state index contributed by atoms with van der Waals surface area (Å²) in [6.45, 7) is 1.11. The zero-order chi connectivity index (χ0) is 19.6. The number of carbonyl (C=O) groups is 1. The van der Waals surface area contributed by atoms with Crippen molar-refractivity contribution >= 4 is 23.1 Å². The molecule has 1 aliphatic rings. The molecule has 0 saturated carbocycles. The zero-order valence-electron chi connectivity index (χ0n) is 15.4. The first-order chi connectivity index (χ1) is 14.3. The number of thiophene rings is 1. The van der Waals surface area contributed by atoms with Gasteiger partial charge in [-0.2, -0.15) is 5.10 Å². The van der Waals surface area contributed by atoms with Crippen LogP contribution in [0.1, 0.15) is 9.67 Å². The third-order valence-corrected chi connectivity index (χ3v) is 5.64. The van der Waals surface area contributed by atoms with E-state index in [-0.39, 0.29) is 5.91 Å². The molecule has 6 nitrogen and oxygen atoms in total. The molecule has 7 heteroatoms. The molecule has 0 unspecified atom stereocenters. The Morgan fingerprint density at radius 1 is 0.966 bits per heavy atom. The molecule has 1 N–H and O–H groups in total. The monoisotopic (exact) mass is 403 g/mol. The molecule has 2 aromatic heterocycles. The Bertz CT molecular complexity index is 1170. The lowest BCUT2D eigenvalue weighted by Gasteiger charge is -2.18. The van der Waals surface area contributed by atoms with E-state index in [1.54, 1.807) is 10.7 Å². The number of hydrogen-bond donors (Lipinski definition) is 1. The van der Waals surface area contributed by atoms with E-state index >= 15 is 0 Å². The van der Waals surface area contributed by atoms with Crippen LogP contribution in [0.4, 0.5) is 5.82 Å². The van der Waals surface area contributed by atoms with Crippen LogP contribution in [0.15, 0.2) is 72.9 Å². The number of carbonyl (C=O) groups excluding carboxylic acids is 1. The van der Waals surface area contributed by atoms with Crippen molar-refractivity contribution in [1.29, 1.82) is 0 Å². The fourth-order valence-electron chi connectivity index (χ4n) is 3.10. The molecular formula is C22H17N3O3S. The number of para-hydroxylation sites is 1. The third kappa shape index (κ3) is 3.60. The molecule has 0 radical (unpaired) electrons. The first-order valence-electron chi connectivity index (χ1n) is 9.18. The summed E-state index contributed by atoms with van der Waals surface area (Å²) >= 11 is 1.42. The predicted octanol–water partition coefficient (Wildman–Crippen LogP) is 4.62. The van der Waals surface area contributed by atoms with Gasteiger partial charge in [0.05, 0.1) is 10.6 Å². The molecule has 0 spiro atoms. The van der Waals surface area contributed by atoms with Gasteiger partial charge in [0.15, 0.2) is 17.3 Å². The summed E-state index contributed by atoms with van der Waals surface area (Å²) in [4.78, 5) is 14.2. The van der Waals surface area contributed by atoms with E-state index in [1.165, 1.54) is 11.3 Å². The van der Waals surface area contributed by atoms with Crippen molar-refractivity contribution in [1.82, 2.24) is 9.78 Å². The normalized spacial score (nSPS) is 12.6. The molecule has 0 bridgehead atoms. The lowest BCUT2D eigenvalue weighted by Crippen LogP contribution is -2.15. The van der Waals surface area contributed by atoms with Crippen molar-refractivity contribution in [3.63, 3.8) is 0 Å². The van der Waals surface area contributed by atoms with Crippen LogP contribution in [0.5, 0.6) is 11.5 Å². The molecule has 5 rings (SSSR count). The van der Waals surface area contributed by atoms with Crippen LogP contribution >= 0.6 is 11.3 Å². The minimum atomic E-state index is -0.183. The van der Waals surface area contributed by atoms with Crippen LogP contribution in [0.2, 0.25) is 0 Å². The number of hydrogen-bond acceptors (Lipinski definition) is 5. The lowest BCUT2D eigenvalue weighted by atomic mass is 10.1. The summed E-state index contributed by atoms with van der Waals surface area (Å²) in [5.74, 6) is 1.81. The minimum absolute atomic E-state index is 0.183. The van der Waals surface area contributed by atoms with E-state index < -0.39 is 0 Å². The maximum atomic E-state index is 12.6. The maximum absolute atomic E-state index is 12.6. The number of nitrogens with one attached hydrogen (secondary N) is 1. The molecule has 4 aromatic rings. The van der Waals surface area contributed by atoms with Gasteiger partial charge in [-0.25, -0.2) is 4.68 Å². The quantitative estimate of drug-likeness (QED) is 0.540. The highest BCUT2D eigenvalue weighted by Gasteiger charge is 2.15. The van der Waals surface area contributed by atoms with Crippen LogP contribution in [0.3, 0.4) is 0 Å². The van der Waals surface area contributed by atoms with Crippen LogP contribution in [0.25, 0.3) is 16.1 Å². The van der Waals surface area contributed by atoms with Gasteiger partial charge in [0, 0.05) is 17.1 Å². The van der Waals surface area contributed by atoms with Crippen molar-refractivity contribution in [3.05, 3.63) is 77.8 Å². The average molecular weight is 403 g/mol. The summed E-state index contributed by atoms with van der Waals surface area (Å²) in [6.07, 6.45) is 1.82. The number of ether oxygens (including phenoxy) is 2. The molecule has 2 aromatic carbocycles. The van der Waals surface area contributed by atoms with Gasteiger partial charge in [0.1, 0.15) is 13.2 Å². The fraction of sp³-hybridized carbons (Fsp3) is 0.0909. The van der Waals surface area contributed by atoms with Crippen molar-refractivity contribution in [2.24, 2.45) is 0 Å². The Hall–Kier alpha value is -3.58. The molecule has 3 heterocycles. The number of aromatic nitrogens is 2. The van der Waals surface area contributed by atoms with E-state index in [1.807, 2.05) is 66.9 Å². The highest BCUT2D eigenvalue weighted by molar-refractivity contribution is 7.17. The second-order valence-electron chi connectivity index (χ2n) is 6.46. The van der Waals surface area contributed by atoms with Crippen molar-refractivity contribution < 1.29 is 14.3 Å². The highest BCUT2D eigenvalue weighted by atomic mass is 32.1. The number of amides is 1. The van der Waals surface area contributed by atoms with E-state index in [9.17, 15) is 4.79 Å². The van der Waals surface area contributed by atoms with Gasteiger partial charge in [0.2, 0.25) is 0 Å². The van der Waals surface area contributed by atoms with Crippen molar-refractivity contribution in [2.75, 3.05) is 18.5 Å². The minimum Gasteiger partial charge on any atom is -0.486 e. The Balaban J connectivity index is 1.32. The van der Waals surface area contributed by atoms with Gasteiger partial charge in [-0.3, -0.25) is 4.79 Å². The molecular weight excluding hydrogens is 386 g/mol. The van der Waals surface area contributed by atoms with Crippen LogP contribution in [-0.4, -0.2) is 28.9 Å². The second-order valence-corrected chi connectivity index (χ2v) is 7.54. The predicted molar refractivity (Wildman–Crippen MR) is 112 cm³/mol. The van der Waals surface area contributed by atoms with Gasteiger partial charge in [-0.15, -0.1) is 11.3 Å². The molecule has 0 atom stereocenters. The SMILES string of the molecule is O=C(Nc1ccn(-c2ccccc2)n1)c1ccc(-c2ccc3c(c2)OCCO3)s1. The van der Waals surface area contributed by atoms with Gasteiger partial charge < -0.3 is 14.8 Å². The number of anilines is 1. The first-order valence-corrected chi connectivity index (χ1v) is 10.0. The van der Waals surface area contributed by atoms with E-state index in [2.05, 4.69) is 10.4 Å². The molecule has 144 valence electrons. The van der Waals surface area contributed by atoms with Gasteiger partial charge in [0.25, 0.3) is 5.91 Å². The van der Waals surface area contributed by atoms with Gasteiger partial charge in [-0.1, -0.05) is 18.2 Å². The molecule has 1 amide bonds. The maximum Gasteiger partial charge on any atom is 0.266 e. The molecule has 0 aliphatic carbocycles. The molecule has 1 aliphatic heterocycles.